The van der Waals surface area contributed by atoms with Crippen molar-refractivity contribution < 1.29 is 17.9 Å². The Morgan fingerprint density at radius 2 is 1.83 bits per heavy atom. The molecule has 3 rings (SSSR count). The smallest absolute Gasteiger partial charge is 0.253 e. The van der Waals surface area contributed by atoms with Crippen LogP contribution in [-0.4, -0.2) is 76.6 Å². The number of nitrogens with one attached hydrogen (secondary N) is 1. The van der Waals surface area contributed by atoms with Crippen LogP contribution in [0, 0.1) is 0 Å². The van der Waals surface area contributed by atoms with Crippen molar-refractivity contribution in [1.82, 2.24) is 14.5 Å². The molecule has 1 aromatic rings. The number of hydrogen-bond donors (Lipinski definition) is 1. The van der Waals surface area contributed by atoms with Crippen molar-refractivity contribution in [3.63, 3.8) is 0 Å². The van der Waals surface area contributed by atoms with E-state index >= 15 is 0 Å². The molecular formula is C16H23N3O4S. The summed E-state index contributed by atoms with van der Waals surface area (Å²) in [5.74, 6) is -0.0517. The summed E-state index contributed by atoms with van der Waals surface area (Å²) in [5.41, 5.74) is 0.516. The zero-order chi connectivity index (χ0) is 17.2. The predicted molar refractivity (Wildman–Crippen MR) is 89.4 cm³/mol. The van der Waals surface area contributed by atoms with Gasteiger partial charge in [0.2, 0.25) is 10.0 Å². The molecule has 1 aromatic carbocycles. The van der Waals surface area contributed by atoms with E-state index in [1.54, 1.807) is 17.0 Å². The minimum atomic E-state index is -3.58. The van der Waals surface area contributed by atoms with Crippen molar-refractivity contribution in [3.8, 4) is 0 Å². The van der Waals surface area contributed by atoms with Crippen molar-refractivity contribution >= 4 is 15.9 Å². The Balaban J connectivity index is 1.67. The predicted octanol–water partition coefficient (Wildman–Crippen LogP) is 0.141. The molecule has 0 aromatic heterocycles. The molecule has 1 atom stereocenters. The molecule has 2 aliphatic rings. The SMILES string of the molecule is CN1CCN(C(=O)c2ccc(S(=O)(=O)N[C@H]3CCOC3)cc2)CC1. The average Bonchev–Trinajstić information content (AvgIpc) is 3.07. The van der Waals surface area contributed by atoms with Gasteiger partial charge in [-0.2, -0.15) is 0 Å². The van der Waals surface area contributed by atoms with Gasteiger partial charge in [0.1, 0.15) is 0 Å². The van der Waals surface area contributed by atoms with Gasteiger partial charge in [-0.3, -0.25) is 4.79 Å². The Hall–Kier alpha value is -1.48. The summed E-state index contributed by atoms with van der Waals surface area (Å²) in [6.07, 6.45) is 0.680. The second kappa shape index (κ2) is 7.18. The highest BCUT2D eigenvalue weighted by Gasteiger charge is 2.24. The number of carbonyl (C=O) groups excluding carboxylic acids is 1. The largest absolute Gasteiger partial charge is 0.380 e. The van der Waals surface area contributed by atoms with Crippen molar-refractivity contribution in [2.75, 3.05) is 46.4 Å². The highest BCUT2D eigenvalue weighted by Crippen LogP contribution is 2.15. The van der Waals surface area contributed by atoms with Crippen LogP contribution in [0.4, 0.5) is 0 Å². The van der Waals surface area contributed by atoms with Gasteiger partial charge in [-0.25, -0.2) is 13.1 Å². The van der Waals surface area contributed by atoms with Crippen LogP contribution in [0.3, 0.4) is 0 Å². The summed E-state index contributed by atoms with van der Waals surface area (Å²) in [4.78, 5) is 16.6. The Morgan fingerprint density at radius 1 is 1.17 bits per heavy atom. The van der Waals surface area contributed by atoms with Crippen LogP contribution in [-0.2, 0) is 14.8 Å². The van der Waals surface area contributed by atoms with Gasteiger partial charge in [-0.05, 0) is 37.7 Å². The number of rotatable bonds is 4. The molecular weight excluding hydrogens is 330 g/mol. The van der Waals surface area contributed by atoms with Gasteiger partial charge in [-0.15, -0.1) is 0 Å². The van der Waals surface area contributed by atoms with Gasteiger partial charge in [0.05, 0.1) is 11.5 Å². The lowest BCUT2D eigenvalue weighted by Gasteiger charge is -2.32. The van der Waals surface area contributed by atoms with E-state index in [1.807, 2.05) is 7.05 Å². The zero-order valence-electron chi connectivity index (χ0n) is 13.8. The van der Waals surface area contributed by atoms with Crippen LogP contribution in [0.1, 0.15) is 16.8 Å². The summed E-state index contributed by atoms with van der Waals surface area (Å²) in [6.45, 7) is 4.07. The molecule has 1 amide bonds. The molecule has 132 valence electrons. The first-order chi connectivity index (χ1) is 11.5. The van der Waals surface area contributed by atoms with Crippen molar-refractivity contribution in [1.29, 1.82) is 0 Å². The molecule has 1 N–H and O–H groups in total. The second-order valence-electron chi connectivity index (χ2n) is 6.30. The number of carbonyl (C=O) groups is 1. The normalized spacial score (nSPS) is 22.7. The lowest BCUT2D eigenvalue weighted by Crippen LogP contribution is -2.47. The van der Waals surface area contributed by atoms with Crippen molar-refractivity contribution in [2.45, 2.75) is 17.4 Å². The first-order valence-corrected chi connectivity index (χ1v) is 9.62. The van der Waals surface area contributed by atoms with Crippen LogP contribution < -0.4 is 4.72 Å². The Morgan fingerprint density at radius 3 is 2.42 bits per heavy atom. The third kappa shape index (κ3) is 3.94. The van der Waals surface area contributed by atoms with E-state index in [9.17, 15) is 13.2 Å². The molecule has 0 radical (unpaired) electrons. The van der Waals surface area contributed by atoms with Crippen molar-refractivity contribution in [2.24, 2.45) is 0 Å². The number of benzene rings is 1. The molecule has 0 saturated carbocycles. The highest BCUT2D eigenvalue weighted by atomic mass is 32.2. The van der Waals surface area contributed by atoms with E-state index in [1.165, 1.54) is 12.1 Å². The quantitative estimate of drug-likeness (QED) is 0.833. The standard InChI is InChI=1S/C16H23N3O4S/c1-18-7-9-19(10-8-18)16(20)13-2-4-15(5-3-13)24(21,22)17-14-6-11-23-12-14/h2-5,14,17H,6-12H2,1H3/t14-/m0/s1. The van der Waals surface area contributed by atoms with Crippen LogP contribution >= 0.6 is 0 Å². The monoisotopic (exact) mass is 353 g/mol. The van der Waals surface area contributed by atoms with Gasteiger partial charge in [0.15, 0.2) is 0 Å². The summed E-state index contributed by atoms with van der Waals surface area (Å²) in [5, 5.41) is 0. The maximum atomic E-state index is 12.5. The van der Waals surface area contributed by atoms with E-state index in [2.05, 4.69) is 9.62 Å². The Kier molecular flexibility index (Phi) is 5.19. The molecule has 2 fully saturated rings. The summed E-state index contributed by atoms with van der Waals surface area (Å²) in [7, 11) is -1.55. The number of sulfonamides is 1. The van der Waals surface area contributed by atoms with E-state index < -0.39 is 10.0 Å². The third-order valence-corrected chi connectivity index (χ3v) is 5.99. The lowest BCUT2D eigenvalue weighted by molar-refractivity contribution is 0.0664. The van der Waals surface area contributed by atoms with Gasteiger partial charge >= 0.3 is 0 Å². The molecule has 8 heteroatoms. The molecule has 2 saturated heterocycles. The molecule has 0 aliphatic carbocycles. The number of ether oxygens (including phenoxy) is 1. The maximum absolute atomic E-state index is 12.5. The number of likely N-dealkylation sites (N-methyl/N-ethyl adjacent to an activating group) is 1. The molecule has 2 aliphatic heterocycles. The lowest BCUT2D eigenvalue weighted by atomic mass is 10.2. The fourth-order valence-corrected chi connectivity index (χ4v) is 4.14. The number of amides is 1. The highest BCUT2D eigenvalue weighted by molar-refractivity contribution is 7.89. The van der Waals surface area contributed by atoms with Crippen LogP contribution in [0.25, 0.3) is 0 Å². The molecule has 24 heavy (non-hydrogen) atoms. The van der Waals surface area contributed by atoms with Crippen LogP contribution in [0.15, 0.2) is 29.2 Å². The fourth-order valence-electron chi connectivity index (χ4n) is 2.88. The fraction of sp³-hybridized carbons (Fsp3) is 0.562. The van der Waals surface area contributed by atoms with Crippen molar-refractivity contribution in [3.05, 3.63) is 29.8 Å². The number of nitrogens with zero attached hydrogens (tertiary/aromatic N) is 2. The van der Waals surface area contributed by atoms with E-state index in [0.29, 0.717) is 38.3 Å². The Labute approximate surface area is 142 Å². The first-order valence-electron chi connectivity index (χ1n) is 8.14. The van der Waals surface area contributed by atoms with Gasteiger partial charge in [-0.1, -0.05) is 0 Å². The summed E-state index contributed by atoms with van der Waals surface area (Å²) >= 11 is 0. The zero-order valence-corrected chi connectivity index (χ0v) is 14.6. The molecule has 2 heterocycles. The van der Waals surface area contributed by atoms with Gasteiger partial charge in [0.25, 0.3) is 5.91 Å². The number of piperazine rings is 1. The Bertz CT molecular complexity index is 676. The van der Waals surface area contributed by atoms with E-state index in [-0.39, 0.29) is 16.8 Å². The molecule has 0 spiro atoms. The van der Waals surface area contributed by atoms with Gasteiger partial charge in [0, 0.05) is 44.4 Å². The molecule has 7 nitrogen and oxygen atoms in total. The first kappa shape index (κ1) is 17.3. The summed E-state index contributed by atoms with van der Waals surface area (Å²) in [6, 6.07) is 5.96. The average molecular weight is 353 g/mol. The summed E-state index contributed by atoms with van der Waals surface area (Å²) < 4.78 is 32.5. The van der Waals surface area contributed by atoms with Crippen LogP contribution in [0.2, 0.25) is 0 Å². The second-order valence-corrected chi connectivity index (χ2v) is 8.02. The van der Waals surface area contributed by atoms with Crippen LogP contribution in [0.5, 0.6) is 0 Å². The maximum Gasteiger partial charge on any atom is 0.253 e. The van der Waals surface area contributed by atoms with Gasteiger partial charge < -0.3 is 14.5 Å². The van der Waals surface area contributed by atoms with E-state index in [4.69, 9.17) is 4.74 Å². The minimum absolute atomic E-state index is 0.0517. The number of hydrogen-bond acceptors (Lipinski definition) is 5. The molecule has 0 bridgehead atoms. The topological polar surface area (TPSA) is 79.0 Å². The molecule has 0 unspecified atom stereocenters. The third-order valence-electron chi connectivity index (χ3n) is 4.45. The minimum Gasteiger partial charge on any atom is -0.380 e. The van der Waals surface area contributed by atoms with E-state index in [0.717, 1.165) is 13.1 Å².